The number of aromatic nitrogens is 2. The lowest BCUT2D eigenvalue weighted by atomic mass is 10.1. The van der Waals surface area contributed by atoms with Gasteiger partial charge in [-0.2, -0.15) is 0 Å². The van der Waals surface area contributed by atoms with Gasteiger partial charge in [-0.25, -0.2) is 0 Å². The highest BCUT2D eigenvalue weighted by Gasteiger charge is 2.15. The van der Waals surface area contributed by atoms with Gasteiger partial charge in [-0.15, -0.1) is 0 Å². The number of thiocarbonyl (C=S) groups is 1. The van der Waals surface area contributed by atoms with Crippen molar-refractivity contribution in [3.8, 4) is 0 Å². The van der Waals surface area contributed by atoms with Gasteiger partial charge in [0.15, 0.2) is 5.11 Å². The van der Waals surface area contributed by atoms with Crippen LogP contribution in [0.15, 0.2) is 67.0 Å². The molecule has 0 fully saturated rings. The number of aromatic amines is 1. The molecule has 158 valence electrons. The second-order valence-corrected chi connectivity index (χ2v) is 8.44. The number of nitrogens with one attached hydrogen (secondary N) is 2. The van der Waals surface area contributed by atoms with Crippen LogP contribution in [-0.2, 0) is 13.0 Å². The summed E-state index contributed by atoms with van der Waals surface area (Å²) in [4.78, 5) is 9.92. The van der Waals surface area contributed by atoms with Gasteiger partial charge >= 0.3 is 0 Å². The van der Waals surface area contributed by atoms with Crippen molar-refractivity contribution >= 4 is 33.9 Å². The lowest BCUT2D eigenvalue weighted by Gasteiger charge is -2.26. The number of H-pyrrole nitrogens is 1. The van der Waals surface area contributed by atoms with Gasteiger partial charge in [0.25, 0.3) is 0 Å². The van der Waals surface area contributed by atoms with Crippen LogP contribution in [0.4, 0.5) is 5.69 Å². The van der Waals surface area contributed by atoms with Crippen LogP contribution in [0.2, 0.25) is 0 Å². The maximum Gasteiger partial charge on any atom is 0.173 e. The molecule has 4 rings (SSSR count). The monoisotopic (exact) mass is 428 g/mol. The zero-order valence-corrected chi connectivity index (χ0v) is 19.1. The van der Waals surface area contributed by atoms with Crippen LogP contribution >= 0.6 is 12.2 Å². The fourth-order valence-electron chi connectivity index (χ4n) is 3.93. The topological polar surface area (TPSA) is 44.0 Å². The third-order valence-electron chi connectivity index (χ3n) is 5.70. The standard InChI is InChI=1S/C26H28N4S/c1-18-8-9-25-23(16-18)22(20(3)28-25)12-15-30(17-21-10-13-27-14-11-21)26(31)29-24-7-5-4-6-19(24)2/h4-11,13-14,16,28H,12,15,17H2,1-3H3,(H,29,31). The Bertz CT molecular complexity index is 1200. The summed E-state index contributed by atoms with van der Waals surface area (Å²) < 4.78 is 0. The van der Waals surface area contributed by atoms with E-state index in [1.807, 2.05) is 36.7 Å². The van der Waals surface area contributed by atoms with E-state index in [9.17, 15) is 0 Å². The van der Waals surface area contributed by atoms with Crippen LogP contribution in [0.5, 0.6) is 0 Å². The van der Waals surface area contributed by atoms with Crippen molar-refractivity contribution in [2.24, 2.45) is 0 Å². The SMILES string of the molecule is Cc1ccc2[nH]c(C)c(CCN(Cc3ccncc3)C(=S)Nc3ccccc3C)c2c1. The molecule has 5 heteroatoms. The van der Waals surface area contributed by atoms with Gasteiger partial charge in [-0.1, -0.05) is 29.8 Å². The van der Waals surface area contributed by atoms with E-state index in [1.165, 1.54) is 38.9 Å². The van der Waals surface area contributed by atoms with Crippen LogP contribution < -0.4 is 5.32 Å². The van der Waals surface area contributed by atoms with Crippen LogP contribution in [0, 0.1) is 20.8 Å². The minimum atomic E-state index is 0.736. The Morgan fingerprint density at radius 1 is 1.03 bits per heavy atom. The molecule has 0 saturated heterocycles. The smallest absolute Gasteiger partial charge is 0.173 e. The Labute approximate surface area is 189 Å². The first-order valence-electron chi connectivity index (χ1n) is 10.6. The Balaban J connectivity index is 1.57. The maximum absolute atomic E-state index is 5.85. The van der Waals surface area contributed by atoms with Gasteiger partial charge in [0.2, 0.25) is 0 Å². The van der Waals surface area contributed by atoms with Crippen LogP contribution in [0.1, 0.15) is 27.9 Å². The van der Waals surface area contributed by atoms with Crippen molar-refractivity contribution in [2.75, 3.05) is 11.9 Å². The number of para-hydroxylation sites is 1. The number of aryl methyl sites for hydroxylation is 3. The second-order valence-electron chi connectivity index (χ2n) is 8.05. The Kier molecular flexibility index (Phi) is 6.33. The highest BCUT2D eigenvalue weighted by atomic mass is 32.1. The van der Waals surface area contributed by atoms with E-state index in [-0.39, 0.29) is 0 Å². The van der Waals surface area contributed by atoms with Crippen LogP contribution in [0.3, 0.4) is 0 Å². The molecule has 0 aliphatic rings. The number of benzene rings is 2. The molecule has 2 heterocycles. The first kappa shape index (κ1) is 21.1. The van der Waals surface area contributed by atoms with E-state index in [0.717, 1.165) is 30.3 Å². The lowest BCUT2D eigenvalue weighted by Crippen LogP contribution is -2.36. The minimum Gasteiger partial charge on any atom is -0.358 e. The summed E-state index contributed by atoms with van der Waals surface area (Å²) >= 11 is 5.85. The molecule has 31 heavy (non-hydrogen) atoms. The number of fused-ring (bicyclic) bond motifs is 1. The predicted molar refractivity (Wildman–Crippen MR) is 134 cm³/mol. The molecule has 0 aliphatic heterocycles. The number of hydrogen-bond donors (Lipinski definition) is 2. The molecule has 0 radical (unpaired) electrons. The largest absolute Gasteiger partial charge is 0.358 e. The lowest BCUT2D eigenvalue weighted by molar-refractivity contribution is 0.423. The summed E-state index contributed by atoms with van der Waals surface area (Å²) in [5.41, 5.74) is 8.47. The summed E-state index contributed by atoms with van der Waals surface area (Å²) in [6.45, 7) is 7.95. The zero-order valence-electron chi connectivity index (χ0n) is 18.3. The van der Waals surface area contributed by atoms with E-state index < -0.39 is 0 Å². The highest BCUT2D eigenvalue weighted by molar-refractivity contribution is 7.80. The molecular formula is C26H28N4S. The van der Waals surface area contributed by atoms with Gasteiger partial charge < -0.3 is 15.2 Å². The van der Waals surface area contributed by atoms with Crippen molar-refractivity contribution < 1.29 is 0 Å². The molecule has 0 atom stereocenters. The molecule has 0 amide bonds. The van der Waals surface area contributed by atoms with Crippen LogP contribution in [0.25, 0.3) is 10.9 Å². The normalized spacial score (nSPS) is 10.9. The third kappa shape index (κ3) is 4.94. The molecule has 0 unspecified atom stereocenters. The second kappa shape index (κ2) is 9.31. The summed E-state index contributed by atoms with van der Waals surface area (Å²) in [5, 5.41) is 5.50. The zero-order chi connectivity index (χ0) is 21.8. The predicted octanol–water partition coefficient (Wildman–Crippen LogP) is 5.93. The molecule has 0 aliphatic carbocycles. The van der Waals surface area contributed by atoms with E-state index in [4.69, 9.17) is 12.2 Å². The van der Waals surface area contributed by atoms with Crippen molar-refractivity contribution in [2.45, 2.75) is 33.7 Å². The van der Waals surface area contributed by atoms with Crippen molar-refractivity contribution in [3.05, 3.63) is 94.9 Å². The van der Waals surface area contributed by atoms with Gasteiger partial charge in [0.1, 0.15) is 0 Å². The van der Waals surface area contributed by atoms with E-state index in [1.54, 1.807) is 0 Å². The van der Waals surface area contributed by atoms with Gasteiger partial charge in [-0.3, -0.25) is 4.98 Å². The fraction of sp³-hybridized carbons (Fsp3) is 0.231. The molecule has 2 aromatic carbocycles. The fourth-order valence-corrected chi connectivity index (χ4v) is 4.20. The Morgan fingerprint density at radius 2 is 1.81 bits per heavy atom. The van der Waals surface area contributed by atoms with Crippen molar-refractivity contribution in [3.63, 3.8) is 0 Å². The first-order valence-corrected chi connectivity index (χ1v) is 11.0. The molecule has 4 nitrogen and oxygen atoms in total. The number of hydrogen-bond acceptors (Lipinski definition) is 2. The number of pyridine rings is 1. The number of nitrogens with zero attached hydrogens (tertiary/aromatic N) is 2. The van der Waals surface area contributed by atoms with Gasteiger partial charge in [-0.05, 0) is 86.4 Å². The quantitative estimate of drug-likeness (QED) is 0.374. The van der Waals surface area contributed by atoms with Crippen LogP contribution in [-0.4, -0.2) is 26.5 Å². The average Bonchev–Trinajstić information content (AvgIpc) is 3.07. The minimum absolute atomic E-state index is 0.736. The Hall–Kier alpha value is -3.18. The summed E-state index contributed by atoms with van der Waals surface area (Å²) in [6.07, 6.45) is 4.58. The average molecular weight is 429 g/mol. The third-order valence-corrected chi connectivity index (χ3v) is 6.06. The molecule has 0 spiro atoms. The molecule has 2 aromatic heterocycles. The summed E-state index contributed by atoms with van der Waals surface area (Å²) in [7, 11) is 0. The highest BCUT2D eigenvalue weighted by Crippen LogP contribution is 2.24. The summed E-state index contributed by atoms with van der Waals surface area (Å²) in [5.74, 6) is 0. The molecular weight excluding hydrogens is 400 g/mol. The van der Waals surface area contributed by atoms with E-state index in [2.05, 4.69) is 71.3 Å². The maximum atomic E-state index is 5.85. The molecule has 0 saturated carbocycles. The summed E-state index contributed by atoms with van der Waals surface area (Å²) in [6, 6.07) is 18.9. The molecule has 0 bridgehead atoms. The first-order chi connectivity index (χ1) is 15.0. The Morgan fingerprint density at radius 3 is 2.58 bits per heavy atom. The molecule has 2 N–H and O–H groups in total. The van der Waals surface area contributed by atoms with Gasteiger partial charge in [0.05, 0.1) is 0 Å². The van der Waals surface area contributed by atoms with E-state index in [0.29, 0.717) is 0 Å². The molecule has 4 aromatic rings. The number of rotatable bonds is 6. The van der Waals surface area contributed by atoms with Crippen molar-refractivity contribution in [1.29, 1.82) is 0 Å². The van der Waals surface area contributed by atoms with E-state index >= 15 is 0 Å². The van der Waals surface area contributed by atoms with Gasteiger partial charge in [0, 0.05) is 47.8 Å². The number of anilines is 1. The van der Waals surface area contributed by atoms with Crippen molar-refractivity contribution in [1.82, 2.24) is 14.9 Å².